The molecule has 0 aliphatic heterocycles. The van der Waals surface area contributed by atoms with E-state index in [-0.39, 0.29) is 19.1 Å². The summed E-state index contributed by atoms with van der Waals surface area (Å²) in [7, 11) is 0. The predicted octanol–water partition coefficient (Wildman–Crippen LogP) is 1.94. The smallest absolute Gasteiger partial charge is 0.320 e. The van der Waals surface area contributed by atoms with E-state index in [9.17, 15) is 9.59 Å². The average molecular weight is 228 g/mol. The van der Waals surface area contributed by atoms with Crippen molar-refractivity contribution in [3.63, 3.8) is 0 Å². The minimum absolute atomic E-state index is 0.219. The summed E-state index contributed by atoms with van der Waals surface area (Å²) < 4.78 is 9.73. The van der Waals surface area contributed by atoms with Gasteiger partial charge in [-0.15, -0.1) is 0 Å². The molecule has 0 spiro atoms. The van der Waals surface area contributed by atoms with Gasteiger partial charge in [0.05, 0.1) is 13.2 Å². The molecule has 1 atom stereocenters. The number of hydrogen-bond acceptors (Lipinski definition) is 4. The summed E-state index contributed by atoms with van der Waals surface area (Å²) in [5, 5.41) is 0. The molecular weight excluding hydrogens is 208 g/mol. The van der Waals surface area contributed by atoms with Crippen molar-refractivity contribution < 1.29 is 19.1 Å². The summed E-state index contributed by atoms with van der Waals surface area (Å²) in [5.74, 6) is -2.13. The van der Waals surface area contributed by atoms with Crippen molar-refractivity contribution in [2.24, 2.45) is 11.8 Å². The van der Waals surface area contributed by atoms with Crippen molar-refractivity contribution in [1.29, 1.82) is 0 Å². The lowest BCUT2D eigenvalue weighted by Gasteiger charge is -2.17. The molecule has 0 amide bonds. The molecule has 0 radical (unpaired) electrons. The summed E-state index contributed by atoms with van der Waals surface area (Å²) in [6.45, 7) is 7.57. The first-order chi connectivity index (χ1) is 7.58. The van der Waals surface area contributed by atoms with E-state index in [1.54, 1.807) is 32.9 Å². The summed E-state index contributed by atoms with van der Waals surface area (Å²) in [6.07, 6.45) is 3.59. The maximum Gasteiger partial charge on any atom is 0.320 e. The maximum atomic E-state index is 11.6. The van der Waals surface area contributed by atoms with Crippen LogP contribution < -0.4 is 0 Å². The van der Waals surface area contributed by atoms with E-state index in [1.165, 1.54) is 0 Å². The minimum atomic E-state index is -0.865. The van der Waals surface area contributed by atoms with Crippen LogP contribution in [0.15, 0.2) is 12.2 Å². The van der Waals surface area contributed by atoms with Crippen LogP contribution in [-0.4, -0.2) is 25.2 Å². The van der Waals surface area contributed by atoms with Gasteiger partial charge in [0.1, 0.15) is 0 Å². The van der Waals surface area contributed by atoms with E-state index < -0.39 is 17.9 Å². The lowest BCUT2D eigenvalue weighted by molar-refractivity contribution is -0.163. The van der Waals surface area contributed by atoms with Gasteiger partial charge in [-0.3, -0.25) is 9.59 Å². The molecule has 0 aromatic rings. The Morgan fingerprint density at radius 1 is 1.12 bits per heavy atom. The Morgan fingerprint density at radius 2 is 1.56 bits per heavy atom. The molecule has 92 valence electrons. The maximum absolute atomic E-state index is 11.6. The van der Waals surface area contributed by atoms with Crippen LogP contribution in [0.25, 0.3) is 0 Å². The molecule has 0 aliphatic carbocycles. The van der Waals surface area contributed by atoms with Crippen molar-refractivity contribution in [3.05, 3.63) is 12.2 Å². The molecule has 0 saturated carbocycles. The fourth-order valence-electron chi connectivity index (χ4n) is 1.40. The third kappa shape index (κ3) is 4.47. The Bertz CT molecular complexity index is 240. The molecule has 0 aromatic heterocycles. The fraction of sp³-hybridized carbons (Fsp3) is 0.667. The SMILES string of the molecule is C/C=C\C(C)C(C(=O)OCC)C(=O)OCC. The van der Waals surface area contributed by atoms with Crippen LogP contribution in [0, 0.1) is 11.8 Å². The molecule has 4 nitrogen and oxygen atoms in total. The molecule has 0 fully saturated rings. The van der Waals surface area contributed by atoms with Gasteiger partial charge in [-0.05, 0) is 26.7 Å². The number of hydrogen-bond donors (Lipinski definition) is 0. The van der Waals surface area contributed by atoms with Crippen LogP contribution in [0.4, 0.5) is 0 Å². The zero-order chi connectivity index (χ0) is 12.6. The first kappa shape index (κ1) is 14.7. The number of allylic oxidation sites excluding steroid dienone is 2. The second-order valence-electron chi connectivity index (χ2n) is 3.37. The summed E-state index contributed by atoms with van der Waals surface area (Å²) >= 11 is 0. The zero-order valence-electron chi connectivity index (χ0n) is 10.4. The molecule has 0 aromatic carbocycles. The van der Waals surface area contributed by atoms with E-state index in [1.807, 2.05) is 6.92 Å². The number of ether oxygens (including phenoxy) is 2. The number of rotatable bonds is 6. The highest BCUT2D eigenvalue weighted by molar-refractivity contribution is 5.95. The number of carbonyl (C=O) groups is 2. The van der Waals surface area contributed by atoms with Crippen LogP contribution in [0.3, 0.4) is 0 Å². The van der Waals surface area contributed by atoms with Crippen molar-refractivity contribution in [2.45, 2.75) is 27.7 Å². The minimum Gasteiger partial charge on any atom is -0.465 e. The van der Waals surface area contributed by atoms with Crippen LogP contribution in [0.1, 0.15) is 27.7 Å². The Kier molecular flexibility index (Phi) is 7.25. The van der Waals surface area contributed by atoms with Crippen LogP contribution >= 0.6 is 0 Å². The molecule has 0 saturated heterocycles. The average Bonchev–Trinajstić information content (AvgIpc) is 2.19. The van der Waals surface area contributed by atoms with Gasteiger partial charge in [0.25, 0.3) is 0 Å². The molecule has 0 heterocycles. The van der Waals surface area contributed by atoms with Crippen molar-refractivity contribution in [1.82, 2.24) is 0 Å². The lowest BCUT2D eigenvalue weighted by atomic mass is 9.94. The van der Waals surface area contributed by atoms with Gasteiger partial charge in [-0.1, -0.05) is 19.1 Å². The van der Waals surface area contributed by atoms with Crippen LogP contribution in [-0.2, 0) is 19.1 Å². The third-order valence-corrected chi connectivity index (χ3v) is 2.10. The van der Waals surface area contributed by atoms with Crippen LogP contribution in [0.5, 0.6) is 0 Å². The Labute approximate surface area is 96.6 Å². The Hall–Kier alpha value is -1.32. The molecule has 0 N–H and O–H groups in total. The van der Waals surface area contributed by atoms with Crippen molar-refractivity contribution >= 4 is 11.9 Å². The van der Waals surface area contributed by atoms with Gasteiger partial charge in [0.15, 0.2) is 5.92 Å². The molecule has 4 heteroatoms. The topological polar surface area (TPSA) is 52.6 Å². The van der Waals surface area contributed by atoms with Gasteiger partial charge in [-0.25, -0.2) is 0 Å². The summed E-state index contributed by atoms with van der Waals surface area (Å²) in [4.78, 5) is 23.2. The normalized spacial score (nSPS) is 12.8. The monoisotopic (exact) mass is 228 g/mol. The molecule has 16 heavy (non-hydrogen) atoms. The predicted molar refractivity (Wildman–Crippen MR) is 60.7 cm³/mol. The first-order valence-corrected chi connectivity index (χ1v) is 5.54. The standard InChI is InChI=1S/C12H20O4/c1-5-8-9(4)10(11(13)15-6-2)12(14)16-7-3/h5,8-10H,6-7H2,1-4H3/b8-5-. The van der Waals surface area contributed by atoms with E-state index in [0.29, 0.717) is 0 Å². The Balaban J connectivity index is 4.74. The van der Waals surface area contributed by atoms with Crippen molar-refractivity contribution in [2.75, 3.05) is 13.2 Å². The number of esters is 2. The highest BCUT2D eigenvalue weighted by Crippen LogP contribution is 2.17. The largest absolute Gasteiger partial charge is 0.465 e. The molecule has 0 rings (SSSR count). The van der Waals surface area contributed by atoms with Crippen molar-refractivity contribution in [3.8, 4) is 0 Å². The van der Waals surface area contributed by atoms with Gasteiger partial charge in [0, 0.05) is 0 Å². The molecular formula is C12H20O4. The third-order valence-electron chi connectivity index (χ3n) is 2.10. The van der Waals surface area contributed by atoms with E-state index >= 15 is 0 Å². The second-order valence-corrected chi connectivity index (χ2v) is 3.37. The lowest BCUT2D eigenvalue weighted by Crippen LogP contribution is -2.32. The summed E-state index contributed by atoms with van der Waals surface area (Å²) in [5.41, 5.74) is 0. The highest BCUT2D eigenvalue weighted by atomic mass is 16.6. The van der Waals surface area contributed by atoms with Gasteiger partial charge in [0.2, 0.25) is 0 Å². The second kappa shape index (κ2) is 7.91. The van der Waals surface area contributed by atoms with Gasteiger partial charge >= 0.3 is 11.9 Å². The van der Waals surface area contributed by atoms with Gasteiger partial charge in [-0.2, -0.15) is 0 Å². The van der Waals surface area contributed by atoms with Gasteiger partial charge < -0.3 is 9.47 Å². The highest BCUT2D eigenvalue weighted by Gasteiger charge is 2.33. The quantitative estimate of drug-likeness (QED) is 0.396. The fourth-order valence-corrected chi connectivity index (χ4v) is 1.40. The van der Waals surface area contributed by atoms with E-state index in [2.05, 4.69) is 0 Å². The number of carbonyl (C=O) groups excluding carboxylic acids is 2. The van der Waals surface area contributed by atoms with Crippen LogP contribution in [0.2, 0.25) is 0 Å². The molecule has 0 aliphatic rings. The zero-order valence-corrected chi connectivity index (χ0v) is 10.4. The summed E-state index contributed by atoms with van der Waals surface area (Å²) in [6, 6.07) is 0. The Morgan fingerprint density at radius 3 is 1.88 bits per heavy atom. The van der Waals surface area contributed by atoms with E-state index in [4.69, 9.17) is 9.47 Å². The van der Waals surface area contributed by atoms with E-state index in [0.717, 1.165) is 0 Å². The molecule has 1 unspecified atom stereocenters. The first-order valence-electron chi connectivity index (χ1n) is 5.54. The molecule has 0 bridgehead atoms.